The van der Waals surface area contributed by atoms with E-state index in [9.17, 15) is 8.42 Å². The predicted molar refractivity (Wildman–Crippen MR) is 73.3 cm³/mol. The molecule has 0 aromatic carbocycles. The molecule has 1 heterocycles. The van der Waals surface area contributed by atoms with Crippen molar-refractivity contribution in [2.24, 2.45) is 11.8 Å². The van der Waals surface area contributed by atoms with Gasteiger partial charge in [-0.05, 0) is 50.4 Å². The summed E-state index contributed by atoms with van der Waals surface area (Å²) >= 11 is 0. The van der Waals surface area contributed by atoms with Gasteiger partial charge in [-0.25, -0.2) is 8.42 Å². The molecule has 2 saturated carbocycles. The first-order chi connectivity index (χ1) is 8.62. The van der Waals surface area contributed by atoms with E-state index in [2.05, 4.69) is 5.32 Å². The number of rotatable bonds is 3. The van der Waals surface area contributed by atoms with E-state index in [0.29, 0.717) is 23.6 Å². The van der Waals surface area contributed by atoms with Gasteiger partial charge in [0.2, 0.25) is 0 Å². The first-order valence-corrected chi connectivity index (χ1v) is 9.41. The Bertz CT molecular complexity index is 375. The zero-order valence-corrected chi connectivity index (χ0v) is 11.9. The first kappa shape index (κ1) is 12.9. The summed E-state index contributed by atoms with van der Waals surface area (Å²) in [7, 11) is -2.71. The topological polar surface area (TPSA) is 46.2 Å². The Hall–Kier alpha value is -0.0900. The Morgan fingerprint density at radius 1 is 0.778 bits per heavy atom. The summed E-state index contributed by atoms with van der Waals surface area (Å²) in [4.78, 5) is 0. The van der Waals surface area contributed by atoms with Crippen LogP contribution in [0, 0.1) is 11.8 Å². The molecule has 0 unspecified atom stereocenters. The van der Waals surface area contributed by atoms with Gasteiger partial charge >= 0.3 is 0 Å². The quantitative estimate of drug-likeness (QED) is 0.855. The Kier molecular flexibility index (Phi) is 3.68. The van der Waals surface area contributed by atoms with Gasteiger partial charge in [-0.15, -0.1) is 0 Å². The third-order valence-electron chi connectivity index (χ3n) is 5.03. The van der Waals surface area contributed by atoms with Crippen LogP contribution in [0.2, 0.25) is 0 Å². The van der Waals surface area contributed by atoms with Gasteiger partial charge in [-0.2, -0.15) is 0 Å². The van der Waals surface area contributed by atoms with E-state index in [1.54, 1.807) is 0 Å². The van der Waals surface area contributed by atoms with Crippen LogP contribution in [0.4, 0.5) is 0 Å². The number of hydrogen-bond acceptors (Lipinski definition) is 3. The zero-order chi connectivity index (χ0) is 12.6. The average Bonchev–Trinajstić information content (AvgIpc) is 3.16. The Balaban J connectivity index is 1.47. The molecule has 0 radical (unpaired) electrons. The summed E-state index contributed by atoms with van der Waals surface area (Å²) in [6.45, 7) is 0. The molecule has 0 aromatic rings. The van der Waals surface area contributed by atoms with Gasteiger partial charge in [0.1, 0.15) is 9.84 Å². The fourth-order valence-electron chi connectivity index (χ4n) is 3.76. The van der Waals surface area contributed by atoms with Crippen molar-refractivity contribution in [2.75, 3.05) is 11.5 Å². The highest BCUT2D eigenvalue weighted by atomic mass is 32.2. The molecular formula is C14H25NO2S. The molecule has 1 aliphatic heterocycles. The molecule has 0 amide bonds. The fourth-order valence-corrected chi connectivity index (χ4v) is 5.26. The van der Waals surface area contributed by atoms with E-state index in [-0.39, 0.29) is 0 Å². The average molecular weight is 271 g/mol. The van der Waals surface area contributed by atoms with Crippen molar-refractivity contribution in [1.29, 1.82) is 0 Å². The molecular weight excluding hydrogens is 246 g/mol. The molecule has 0 bridgehead atoms. The molecule has 3 rings (SSSR count). The smallest absolute Gasteiger partial charge is 0.150 e. The second kappa shape index (κ2) is 5.12. The summed E-state index contributed by atoms with van der Waals surface area (Å²) < 4.78 is 22.8. The van der Waals surface area contributed by atoms with Crippen molar-refractivity contribution in [3.8, 4) is 0 Å². The molecule has 3 aliphatic rings. The van der Waals surface area contributed by atoms with E-state index in [0.717, 1.165) is 24.7 Å². The highest BCUT2D eigenvalue weighted by Crippen LogP contribution is 2.44. The van der Waals surface area contributed by atoms with E-state index >= 15 is 0 Å². The highest BCUT2D eigenvalue weighted by molar-refractivity contribution is 7.91. The maximum atomic E-state index is 11.4. The minimum Gasteiger partial charge on any atom is -0.311 e. The molecule has 104 valence electrons. The molecule has 0 spiro atoms. The maximum absolute atomic E-state index is 11.4. The minimum absolute atomic E-state index is 0.392. The molecule has 1 saturated heterocycles. The minimum atomic E-state index is -2.71. The lowest BCUT2D eigenvalue weighted by molar-refractivity contribution is 0.241. The van der Waals surface area contributed by atoms with E-state index in [1.165, 1.54) is 38.5 Å². The molecule has 0 aromatic heterocycles. The summed E-state index contributed by atoms with van der Waals surface area (Å²) in [5, 5.41) is 3.74. The normalized spacial score (nSPS) is 37.6. The molecule has 4 heteroatoms. The summed E-state index contributed by atoms with van der Waals surface area (Å²) in [6.07, 6.45) is 10.0. The zero-order valence-electron chi connectivity index (χ0n) is 11.1. The van der Waals surface area contributed by atoms with Crippen LogP contribution >= 0.6 is 0 Å². The van der Waals surface area contributed by atoms with E-state index in [4.69, 9.17) is 0 Å². The van der Waals surface area contributed by atoms with Crippen LogP contribution in [0.15, 0.2) is 0 Å². The van der Waals surface area contributed by atoms with Gasteiger partial charge in [0.25, 0.3) is 0 Å². The van der Waals surface area contributed by atoms with Crippen molar-refractivity contribution in [3.05, 3.63) is 0 Å². The Labute approximate surface area is 111 Å². The lowest BCUT2D eigenvalue weighted by Gasteiger charge is -2.34. The standard InChI is InChI=1S/C14H25NO2S/c16-18(17)8-6-13(7-9-18)15-14-3-1-2-12(10-14)11-4-5-11/h11-15H,1-10H2/t12-,14+/m0/s1. The third-order valence-corrected chi connectivity index (χ3v) is 6.74. The second-order valence-corrected chi connectivity index (χ2v) is 8.86. The second-order valence-electron chi connectivity index (χ2n) is 6.55. The molecule has 2 aliphatic carbocycles. The van der Waals surface area contributed by atoms with Crippen LogP contribution in [-0.2, 0) is 9.84 Å². The number of nitrogens with one attached hydrogen (secondary N) is 1. The molecule has 3 fully saturated rings. The monoisotopic (exact) mass is 271 g/mol. The van der Waals surface area contributed by atoms with E-state index < -0.39 is 9.84 Å². The van der Waals surface area contributed by atoms with Crippen LogP contribution < -0.4 is 5.32 Å². The fraction of sp³-hybridized carbons (Fsp3) is 1.00. The molecule has 18 heavy (non-hydrogen) atoms. The van der Waals surface area contributed by atoms with Crippen LogP contribution in [-0.4, -0.2) is 32.0 Å². The van der Waals surface area contributed by atoms with Crippen LogP contribution in [0.1, 0.15) is 51.4 Å². The highest BCUT2D eigenvalue weighted by Gasteiger charge is 2.35. The van der Waals surface area contributed by atoms with Crippen LogP contribution in [0.25, 0.3) is 0 Å². The lowest BCUT2D eigenvalue weighted by atomic mass is 9.82. The number of sulfone groups is 1. The van der Waals surface area contributed by atoms with Crippen LogP contribution in [0.5, 0.6) is 0 Å². The van der Waals surface area contributed by atoms with Crippen LogP contribution in [0.3, 0.4) is 0 Å². The van der Waals surface area contributed by atoms with Gasteiger partial charge in [0.15, 0.2) is 0 Å². The summed E-state index contributed by atoms with van der Waals surface area (Å²) in [5.74, 6) is 2.78. The van der Waals surface area contributed by atoms with Gasteiger partial charge < -0.3 is 5.32 Å². The maximum Gasteiger partial charge on any atom is 0.150 e. The lowest BCUT2D eigenvalue weighted by Crippen LogP contribution is -2.45. The molecule has 1 N–H and O–H groups in total. The van der Waals surface area contributed by atoms with Crippen molar-refractivity contribution in [1.82, 2.24) is 5.32 Å². The largest absolute Gasteiger partial charge is 0.311 e. The Morgan fingerprint density at radius 2 is 1.50 bits per heavy atom. The SMILES string of the molecule is O=S1(=O)CCC(N[C@@H]2CCC[C@H](C3CC3)C2)CC1. The molecule has 3 nitrogen and oxygen atoms in total. The van der Waals surface area contributed by atoms with Gasteiger partial charge in [0, 0.05) is 12.1 Å². The van der Waals surface area contributed by atoms with Gasteiger partial charge in [0.05, 0.1) is 11.5 Å². The van der Waals surface area contributed by atoms with Gasteiger partial charge in [-0.3, -0.25) is 0 Å². The first-order valence-electron chi connectivity index (χ1n) is 7.59. The van der Waals surface area contributed by atoms with Crippen molar-refractivity contribution >= 4 is 9.84 Å². The van der Waals surface area contributed by atoms with Crippen molar-refractivity contribution < 1.29 is 8.42 Å². The van der Waals surface area contributed by atoms with Crippen molar-refractivity contribution in [2.45, 2.75) is 63.5 Å². The molecule has 2 atom stereocenters. The predicted octanol–water partition coefficient (Wildman–Crippen LogP) is 2.12. The Morgan fingerprint density at radius 3 is 2.17 bits per heavy atom. The number of hydrogen-bond donors (Lipinski definition) is 1. The van der Waals surface area contributed by atoms with Gasteiger partial charge in [-0.1, -0.05) is 12.8 Å². The third kappa shape index (κ3) is 3.27. The van der Waals surface area contributed by atoms with Crippen molar-refractivity contribution in [3.63, 3.8) is 0 Å². The summed E-state index contributed by atoms with van der Waals surface area (Å²) in [6, 6.07) is 1.12. The summed E-state index contributed by atoms with van der Waals surface area (Å²) in [5.41, 5.74) is 0. The van der Waals surface area contributed by atoms with E-state index in [1.807, 2.05) is 0 Å².